The van der Waals surface area contributed by atoms with Crippen molar-refractivity contribution in [2.75, 3.05) is 18.8 Å². The number of aryl methyl sites for hydroxylation is 2. The third-order valence-electron chi connectivity index (χ3n) is 5.23. The summed E-state index contributed by atoms with van der Waals surface area (Å²) in [5.41, 5.74) is 1.81. The average Bonchev–Trinajstić information content (AvgIpc) is 3.29. The van der Waals surface area contributed by atoms with Crippen LogP contribution in [-0.4, -0.2) is 39.2 Å². The van der Waals surface area contributed by atoms with E-state index in [1.165, 1.54) is 16.6 Å². The number of carbonyl (C=O) groups is 1. The van der Waals surface area contributed by atoms with Crippen LogP contribution in [0.4, 0.5) is 0 Å². The van der Waals surface area contributed by atoms with Crippen molar-refractivity contribution in [3.05, 3.63) is 50.1 Å². The second-order valence-electron chi connectivity index (χ2n) is 6.90. The molecule has 1 amide bonds. The quantitative estimate of drug-likeness (QED) is 0.411. The highest BCUT2D eigenvalue weighted by molar-refractivity contribution is 7.99. The number of rotatable bonds is 6. The van der Waals surface area contributed by atoms with Gasteiger partial charge < -0.3 is 4.90 Å². The van der Waals surface area contributed by atoms with E-state index in [-0.39, 0.29) is 17.2 Å². The summed E-state index contributed by atoms with van der Waals surface area (Å²) < 4.78 is 1.63. The molecule has 29 heavy (non-hydrogen) atoms. The number of hydrogen-bond acceptors (Lipinski definition) is 5. The first-order valence-electron chi connectivity index (χ1n) is 9.77. The molecule has 0 N–H and O–H groups in total. The molecule has 0 unspecified atom stereocenters. The summed E-state index contributed by atoms with van der Waals surface area (Å²) >= 11 is 8.98. The Kier molecular flexibility index (Phi) is 5.99. The maximum absolute atomic E-state index is 13.5. The molecule has 5 nitrogen and oxygen atoms in total. The van der Waals surface area contributed by atoms with Crippen LogP contribution in [0.3, 0.4) is 0 Å². The van der Waals surface area contributed by atoms with Crippen LogP contribution < -0.4 is 5.56 Å². The van der Waals surface area contributed by atoms with E-state index in [0.717, 1.165) is 35.0 Å². The normalized spacial score (nSPS) is 13.1. The first-order chi connectivity index (χ1) is 14.0. The van der Waals surface area contributed by atoms with Crippen molar-refractivity contribution in [2.24, 2.45) is 0 Å². The summed E-state index contributed by atoms with van der Waals surface area (Å²) in [7, 11) is 0. The standard InChI is InChI=1S/C21H22ClN3O2S2/c1-3-24(4-2)17(26)12-28-21-23-19-18(15-6-5-7-16(15)29-19)20(27)25(21)14-10-8-13(22)9-11-14/h8-11H,3-7,12H2,1-2H3. The molecule has 0 radical (unpaired) electrons. The van der Waals surface area contributed by atoms with E-state index in [1.807, 2.05) is 26.0 Å². The van der Waals surface area contributed by atoms with E-state index in [2.05, 4.69) is 0 Å². The zero-order valence-corrected chi connectivity index (χ0v) is 18.8. The first kappa shape index (κ1) is 20.4. The molecule has 4 rings (SSSR count). The molecule has 1 aliphatic rings. The van der Waals surface area contributed by atoms with Gasteiger partial charge in [0.25, 0.3) is 5.56 Å². The minimum absolute atomic E-state index is 0.0469. The van der Waals surface area contributed by atoms with Crippen LogP contribution in [0.25, 0.3) is 15.9 Å². The monoisotopic (exact) mass is 447 g/mol. The molecule has 0 bridgehead atoms. The van der Waals surface area contributed by atoms with Gasteiger partial charge in [-0.15, -0.1) is 11.3 Å². The van der Waals surface area contributed by atoms with E-state index < -0.39 is 0 Å². The predicted octanol–water partition coefficient (Wildman–Crippen LogP) is 4.55. The minimum atomic E-state index is -0.0606. The maximum Gasteiger partial charge on any atom is 0.267 e. The van der Waals surface area contributed by atoms with E-state index in [9.17, 15) is 9.59 Å². The Morgan fingerprint density at radius 1 is 1.24 bits per heavy atom. The number of thioether (sulfide) groups is 1. The molecule has 0 aliphatic heterocycles. The van der Waals surface area contributed by atoms with Crippen LogP contribution >= 0.6 is 34.7 Å². The molecule has 1 aromatic carbocycles. The van der Waals surface area contributed by atoms with Crippen LogP contribution in [0.1, 0.15) is 30.7 Å². The molecule has 2 aromatic heterocycles. The molecule has 152 valence electrons. The van der Waals surface area contributed by atoms with Gasteiger partial charge >= 0.3 is 0 Å². The maximum atomic E-state index is 13.5. The molecule has 0 spiro atoms. The third kappa shape index (κ3) is 3.83. The van der Waals surface area contributed by atoms with Crippen LogP contribution in [0.2, 0.25) is 5.02 Å². The predicted molar refractivity (Wildman–Crippen MR) is 121 cm³/mol. The van der Waals surface area contributed by atoms with Crippen molar-refractivity contribution in [3.63, 3.8) is 0 Å². The number of halogens is 1. The largest absolute Gasteiger partial charge is 0.343 e. The minimum Gasteiger partial charge on any atom is -0.343 e. The van der Waals surface area contributed by atoms with Crippen molar-refractivity contribution in [3.8, 4) is 5.69 Å². The first-order valence-corrected chi connectivity index (χ1v) is 11.9. The lowest BCUT2D eigenvalue weighted by molar-refractivity contribution is -0.127. The molecule has 0 saturated carbocycles. The summed E-state index contributed by atoms with van der Waals surface area (Å²) in [6, 6.07) is 7.17. The van der Waals surface area contributed by atoms with E-state index in [4.69, 9.17) is 16.6 Å². The number of benzene rings is 1. The molecule has 0 fully saturated rings. The fraction of sp³-hybridized carbons (Fsp3) is 0.381. The van der Waals surface area contributed by atoms with Crippen molar-refractivity contribution in [1.82, 2.24) is 14.5 Å². The summed E-state index contributed by atoms with van der Waals surface area (Å²) in [5.74, 6) is 0.295. The highest BCUT2D eigenvalue weighted by Crippen LogP contribution is 2.36. The number of amides is 1. The van der Waals surface area contributed by atoms with Gasteiger partial charge in [-0.25, -0.2) is 4.98 Å². The van der Waals surface area contributed by atoms with Gasteiger partial charge in [0.1, 0.15) is 4.83 Å². The van der Waals surface area contributed by atoms with Gasteiger partial charge in [-0.3, -0.25) is 14.2 Å². The van der Waals surface area contributed by atoms with Crippen molar-refractivity contribution < 1.29 is 4.79 Å². The Labute approximate surface area is 182 Å². The Bertz CT molecular complexity index is 1120. The van der Waals surface area contributed by atoms with Crippen molar-refractivity contribution >= 4 is 50.8 Å². The third-order valence-corrected chi connectivity index (χ3v) is 7.59. The number of thiophene rings is 1. The molecular formula is C21H22ClN3O2S2. The van der Waals surface area contributed by atoms with E-state index in [0.29, 0.717) is 29.0 Å². The van der Waals surface area contributed by atoms with Gasteiger partial charge in [0.2, 0.25) is 5.91 Å². The average molecular weight is 448 g/mol. The highest BCUT2D eigenvalue weighted by Gasteiger charge is 2.24. The topological polar surface area (TPSA) is 55.2 Å². The van der Waals surface area contributed by atoms with Crippen molar-refractivity contribution in [2.45, 2.75) is 38.3 Å². The fourth-order valence-electron chi connectivity index (χ4n) is 3.73. The van der Waals surface area contributed by atoms with Crippen LogP contribution in [0.15, 0.2) is 34.2 Å². The van der Waals surface area contributed by atoms with E-state index >= 15 is 0 Å². The van der Waals surface area contributed by atoms with Gasteiger partial charge in [0.05, 0.1) is 16.8 Å². The van der Waals surface area contributed by atoms with Crippen LogP contribution in [0.5, 0.6) is 0 Å². The van der Waals surface area contributed by atoms with Crippen LogP contribution in [-0.2, 0) is 17.6 Å². The number of fused-ring (bicyclic) bond motifs is 3. The lowest BCUT2D eigenvalue weighted by Gasteiger charge is -2.18. The van der Waals surface area contributed by atoms with Gasteiger partial charge in [0, 0.05) is 23.0 Å². The highest BCUT2D eigenvalue weighted by atomic mass is 35.5. The number of aromatic nitrogens is 2. The zero-order chi connectivity index (χ0) is 20.5. The second-order valence-corrected chi connectivity index (χ2v) is 9.37. The summed E-state index contributed by atoms with van der Waals surface area (Å²) in [6.45, 7) is 5.27. The molecule has 8 heteroatoms. The second kappa shape index (κ2) is 8.50. The molecule has 0 saturated heterocycles. The Hall–Kier alpha value is -1.83. The summed E-state index contributed by atoms with van der Waals surface area (Å²) in [6.07, 6.45) is 3.03. The van der Waals surface area contributed by atoms with E-state index in [1.54, 1.807) is 32.9 Å². The fourth-order valence-corrected chi connectivity index (χ4v) is 6.08. The Morgan fingerprint density at radius 3 is 2.66 bits per heavy atom. The number of hydrogen-bond donors (Lipinski definition) is 0. The van der Waals surface area contributed by atoms with Crippen LogP contribution in [0, 0.1) is 0 Å². The SMILES string of the molecule is CCN(CC)C(=O)CSc1nc2sc3c(c2c(=O)n1-c1ccc(Cl)cc1)CCC3. The van der Waals surface area contributed by atoms with Gasteiger partial charge in [0.15, 0.2) is 5.16 Å². The number of carbonyl (C=O) groups excluding carboxylic acids is 1. The van der Waals surface area contributed by atoms with Gasteiger partial charge in [-0.2, -0.15) is 0 Å². The van der Waals surface area contributed by atoms with Gasteiger partial charge in [-0.05, 0) is 62.9 Å². The molecule has 3 aromatic rings. The molecule has 1 aliphatic carbocycles. The zero-order valence-electron chi connectivity index (χ0n) is 16.4. The summed E-state index contributed by atoms with van der Waals surface area (Å²) in [4.78, 5) is 34.7. The van der Waals surface area contributed by atoms with Gasteiger partial charge in [-0.1, -0.05) is 23.4 Å². The lowest BCUT2D eigenvalue weighted by Crippen LogP contribution is -2.32. The Balaban J connectivity index is 1.81. The number of nitrogens with zero attached hydrogens (tertiary/aromatic N) is 3. The smallest absolute Gasteiger partial charge is 0.267 e. The molecule has 0 atom stereocenters. The lowest BCUT2D eigenvalue weighted by atomic mass is 10.2. The Morgan fingerprint density at radius 2 is 1.97 bits per heavy atom. The summed E-state index contributed by atoms with van der Waals surface area (Å²) in [5, 5.41) is 1.89. The molecular weight excluding hydrogens is 426 g/mol. The van der Waals surface area contributed by atoms with Crippen molar-refractivity contribution in [1.29, 1.82) is 0 Å². The molecule has 2 heterocycles.